The lowest BCUT2D eigenvalue weighted by atomic mass is 9.99. The summed E-state index contributed by atoms with van der Waals surface area (Å²) in [6.07, 6.45) is 0.623. The molecule has 0 saturated carbocycles. The van der Waals surface area contributed by atoms with E-state index in [0.29, 0.717) is 6.42 Å². The molecule has 2 nitrogen and oxygen atoms in total. The lowest BCUT2D eigenvalue weighted by molar-refractivity contribution is 0.0998. The largest absolute Gasteiger partial charge is 0.496 e. The molecule has 0 N–H and O–H groups in total. The standard InChI is InChI=1S/C12H13ClO2/c1-6-4-9-8(5-10(13)11(9)14)7(2)12(6)15-3/h4,10H,5H2,1-3H3. The van der Waals surface area contributed by atoms with E-state index in [1.807, 2.05) is 19.9 Å². The molecular weight excluding hydrogens is 212 g/mol. The fourth-order valence-electron chi connectivity index (χ4n) is 2.24. The first-order chi connectivity index (χ1) is 7.06. The van der Waals surface area contributed by atoms with Crippen molar-refractivity contribution in [1.82, 2.24) is 0 Å². The van der Waals surface area contributed by atoms with Gasteiger partial charge in [0.2, 0.25) is 0 Å². The number of ether oxygens (including phenoxy) is 1. The van der Waals surface area contributed by atoms with E-state index in [1.54, 1.807) is 7.11 Å². The average Bonchev–Trinajstić information content (AvgIpc) is 2.46. The highest BCUT2D eigenvalue weighted by Crippen LogP contribution is 2.35. The van der Waals surface area contributed by atoms with Crippen molar-refractivity contribution in [2.45, 2.75) is 25.6 Å². The minimum atomic E-state index is -0.398. The molecule has 0 aliphatic heterocycles. The van der Waals surface area contributed by atoms with Crippen molar-refractivity contribution in [2.24, 2.45) is 0 Å². The molecule has 15 heavy (non-hydrogen) atoms. The predicted molar refractivity (Wildman–Crippen MR) is 60.1 cm³/mol. The minimum Gasteiger partial charge on any atom is -0.496 e. The van der Waals surface area contributed by atoms with E-state index in [1.165, 1.54) is 0 Å². The first-order valence-electron chi connectivity index (χ1n) is 4.91. The van der Waals surface area contributed by atoms with Crippen molar-refractivity contribution in [2.75, 3.05) is 7.11 Å². The number of fused-ring (bicyclic) bond motifs is 1. The highest BCUT2D eigenvalue weighted by atomic mass is 35.5. The molecule has 80 valence electrons. The van der Waals surface area contributed by atoms with Crippen LogP contribution in [0.1, 0.15) is 27.0 Å². The smallest absolute Gasteiger partial charge is 0.181 e. The first kappa shape index (κ1) is 10.5. The van der Waals surface area contributed by atoms with E-state index in [-0.39, 0.29) is 5.78 Å². The van der Waals surface area contributed by atoms with Crippen molar-refractivity contribution in [1.29, 1.82) is 0 Å². The van der Waals surface area contributed by atoms with E-state index in [4.69, 9.17) is 16.3 Å². The second kappa shape index (κ2) is 3.53. The third-order valence-electron chi connectivity index (χ3n) is 2.97. The molecule has 3 heteroatoms. The van der Waals surface area contributed by atoms with Gasteiger partial charge in [0, 0.05) is 5.56 Å². The average molecular weight is 225 g/mol. The number of Topliss-reactive ketones (excluding diaryl/α,β-unsaturated/α-hetero) is 1. The molecule has 0 heterocycles. The van der Waals surface area contributed by atoms with E-state index < -0.39 is 5.38 Å². The summed E-state index contributed by atoms with van der Waals surface area (Å²) in [5.41, 5.74) is 3.85. The lowest BCUT2D eigenvalue weighted by Crippen LogP contribution is -2.06. The van der Waals surface area contributed by atoms with Crippen LogP contribution < -0.4 is 4.74 Å². The highest BCUT2D eigenvalue weighted by Gasteiger charge is 2.31. The number of benzene rings is 1. The predicted octanol–water partition coefficient (Wildman–Crippen LogP) is 2.66. The Morgan fingerprint density at radius 2 is 2.13 bits per heavy atom. The normalized spacial score (nSPS) is 19.2. The number of alkyl halides is 1. The van der Waals surface area contributed by atoms with Gasteiger partial charge in [-0.2, -0.15) is 0 Å². The molecule has 0 spiro atoms. The minimum absolute atomic E-state index is 0.0421. The van der Waals surface area contributed by atoms with Gasteiger partial charge in [-0.1, -0.05) is 0 Å². The topological polar surface area (TPSA) is 26.3 Å². The second-order valence-electron chi connectivity index (χ2n) is 3.91. The summed E-state index contributed by atoms with van der Waals surface area (Å²) in [7, 11) is 1.65. The molecule has 0 bridgehead atoms. The van der Waals surface area contributed by atoms with Crippen molar-refractivity contribution < 1.29 is 9.53 Å². The van der Waals surface area contributed by atoms with E-state index >= 15 is 0 Å². The Labute approximate surface area is 94.2 Å². The Morgan fingerprint density at radius 3 is 2.73 bits per heavy atom. The van der Waals surface area contributed by atoms with Gasteiger partial charge >= 0.3 is 0 Å². The number of hydrogen-bond acceptors (Lipinski definition) is 2. The van der Waals surface area contributed by atoms with Crippen LogP contribution in [0.15, 0.2) is 6.07 Å². The molecule has 0 amide bonds. The summed E-state index contributed by atoms with van der Waals surface area (Å²) in [5, 5.41) is -0.398. The van der Waals surface area contributed by atoms with E-state index in [2.05, 4.69) is 0 Å². The maximum atomic E-state index is 11.7. The third-order valence-corrected chi connectivity index (χ3v) is 3.33. The summed E-state index contributed by atoms with van der Waals surface area (Å²) < 4.78 is 5.32. The van der Waals surface area contributed by atoms with Crippen LogP contribution in [0.2, 0.25) is 0 Å². The molecule has 2 rings (SSSR count). The van der Waals surface area contributed by atoms with E-state index in [0.717, 1.165) is 28.0 Å². The molecule has 1 aliphatic rings. The number of rotatable bonds is 1. The summed E-state index contributed by atoms with van der Waals surface area (Å²) in [6.45, 7) is 3.92. The Morgan fingerprint density at radius 1 is 1.47 bits per heavy atom. The molecule has 1 atom stereocenters. The van der Waals surface area contributed by atoms with Gasteiger partial charge in [0.05, 0.1) is 7.11 Å². The third kappa shape index (κ3) is 1.44. The zero-order chi connectivity index (χ0) is 11.2. The summed E-state index contributed by atoms with van der Waals surface area (Å²) in [4.78, 5) is 11.7. The molecule has 1 aromatic rings. The molecule has 0 saturated heterocycles. The van der Waals surface area contributed by atoms with E-state index in [9.17, 15) is 4.79 Å². The molecule has 0 radical (unpaired) electrons. The first-order valence-corrected chi connectivity index (χ1v) is 5.35. The summed E-state index contributed by atoms with van der Waals surface area (Å²) in [5.74, 6) is 0.910. The number of methoxy groups -OCH3 is 1. The molecule has 0 fully saturated rings. The fraction of sp³-hybridized carbons (Fsp3) is 0.417. The van der Waals surface area contributed by atoms with Gasteiger partial charge in [-0.05, 0) is 43.0 Å². The van der Waals surface area contributed by atoms with Gasteiger partial charge in [-0.25, -0.2) is 0 Å². The Bertz CT molecular complexity index is 438. The number of carbonyl (C=O) groups is 1. The maximum absolute atomic E-state index is 11.7. The summed E-state index contributed by atoms with van der Waals surface area (Å²) >= 11 is 5.96. The summed E-state index contributed by atoms with van der Waals surface area (Å²) in [6, 6.07) is 1.88. The lowest BCUT2D eigenvalue weighted by Gasteiger charge is -2.12. The van der Waals surface area contributed by atoms with Gasteiger partial charge in [0.1, 0.15) is 11.1 Å². The van der Waals surface area contributed by atoms with Crippen molar-refractivity contribution >= 4 is 17.4 Å². The molecule has 1 aromatic carbocycles. The van der Waals surface area contributed by atoms with Crippen molar-refractivity contribution in [3.8, 4) is 5.75 Å². The molecular formula is C12H13ClO2. The maximum Gasteiger partial charge on any atom is 0.181 e. The highest BCUT2D eigenvalue weighted by molar-refractivity contribution is 6.35. The van der Waals surface area contributed by atoms with Crippen LogP contribution in [0, 0.1) is 13.8 Å². The number of hydrogen-bond donors (Lipinski definition) is 0. The molecule has 1 unspecified atom stereocenters. The number of aryl methyl sites for hydroxylation is 1. The number of halogens is 1. The van der Waals surface area contributed by atoms with Gasteiger partial charge in [0.15, 0.2) is 5.78 Å². The van der Waals surface area contributed by atoms with Crippen LogP contribution in [-0.4, -0.2) is 18.3 Å². The van der Waals surface area contributed by atoms with Crippen molar-refractivity contribution in [3.05, 3.63) is 28.3 Å². The second-order valence-corrected chi connectivity index (χ2v) is 4.44. The van der Waals surface area contributed by atoms with Crippen LogP contribution in [-0.2, 0) is 6.42 Å². The van der Waals surface area contributed by atoms with Crippen LogP contribution in [0.3, 0.4) is 0 Å². The zero-order valence-electron chi connectivity index (χ0n) is 9.06. The molecule has 0 aromatic heterocycles. The number of ketones is 1. The Balaban J connectivity index is 2.66. The fourth-order valence-corrected chi connectivity index (χ4v) is 2.51. The van der Waals surface area contributed by atoms with Crippen LogP contribution in [0.5, 0.6) is 5.75 Å². The quantitative estimate of drug-likeness (QED) is 0.686. The van der Waals surface area contributed by atoms with Gasteiger partial charge in [-0.15, -0.1) is 11.6 Å². The Hall–Kier alpha value is -1.02. The van der Waals surface area contributed by atoms with Crippen LogP contribution in [0.25, 0.3) is 0 Å². The van der Waals surface area contributed by atoms with Gasteiger partial charge < -0.3 is 4.74 Å². The SMILES string of the molecule is COc1c(C)cc2c(c1C)CC(Cl)C2=O. The molecule has 1 aliphatic carbocycles. The van der Waals surface area contributed by atoms with Gasteiger partial charge in [0.25, 0.3) is 0 Å². The van der Waals surface area contributed by atoms with Crippen molar-refractivity contribution in [3.63, 3.8) is 0 Å². The van der Waals surface area contributed by atoms with Crippen LogP contribution in [0.4, 0.5) is 0 Å². The van der Waals surface area contributed by atoms with Gasteiger partial charge in [-0.3, -0.25) is 4.79 Å². The zero-order valence-corrected chi connectivity index (χ0v) is 9.81. The number of carbonyl (C=O) groups excluding carboxylic acids is 1. The monoisotopic (exact) mass is 224 g/mol. The van der Waals surface area contributed by atoms with Crippen LogP contribution >= 0.6 is 11.6 Å². The Kier molecular flexibility index (Phi) is 2.47.